The van der Waals surface area contributed by atoms with Gasteiger partial charge in [-0.3, -0.25) is 0 Å². The Morgan fingerprint density at radius 2 is 2.17 bits per heavy atom. The van der Waals surface area contributed by atoms with Crippen LogP contribution in [0, 0.1) is 0 Å². The first-order chi connectivity index (χ1) is 8.54. The van der Waals surface area contributed by atoms with E-state index in [2.05, 4.69) is 10.1 Å². The molecule has 6 nitrogen and oxygen atoms in total. The molecule has 0 aliphatic heterocycles. The summed E-state index contributed by atoms with van der Waals surface area (Å²) in [5, 5.41) is 3.61. The van der Waals surface area contributed by atoms with Crippen molar-refractivity contribution in [1.29, 1.82) is 0 Å². The van der Waals surface area contributed by atoms with Crippen LogP contribution in [-0.2, 0) is 4.74 Å². The summed E-state index contributed by atoms with van der Waals surface area (Å²) in [7, 11) is 0. The molecule has 0 bridgehead atoms. The van der Waals surface area contributed by atoms with Gasteiger partial charge in [0.1, 0.15) is 0 Å². The first kappa shape index (κ1) is 14.6. The lowest BCUT2D eigenvalue weighted by atomic mass is 10.0. The van der Waals surface area contributed by atoms with Crippen molar-refractivity contribution in [2.45, 2.75) is 52.0 Å². The first-order valence-electron chi connectivity index (χ1n) is 6.30. The molecule has 0 spiro atoms. The topological polar surface area (TPSA) is 91.2 Å². The van der Waals surface area contributed by atoms with Crippen LogP contribution in [0.3, 0.4) is 0 Å². The number of rotatable bonds is 7. The smallest absolute Gasteiger partial charge is 0.379 e. The van der Waals surface area contributed by atoms with Crippen molar-refractivity contribution in [3.8, 4) is 0 Å². The fourth-order valence-corrected chi connectivity index (χ4v) is 1.58. The average molecular weight is 255 g/mol. The number of ether oxygens (including phenoxy) is 1. The van der Waals surface area contributed by atoms with Gasteiger partial charge in [-0.25, -0.2) is 4.79 Å². The van der Waals surface area contributed by atoms with E-state index < -0.39 is 5.97 Å². The van der Waals surface area contributed by atoms with E-state index in [1.54, 1.807) is 6.92 Å². The highest BCUT2D eigenvalue weighted by Gasteiger charge is 2.19. The number of esters is 1. The van der Waals surface area contributed by atoms with E-state index in [1.807, 2.05) is 13.8 Å². The highest BCUT2D eigenvalue weighted by Crippen LogP contribution is 2.20. The van der Waals surface area contributed by atoms with Crippen LogP contribution >= 0.6 is 0 Å². The number of hydrogen-bond donors (Lipinski definition) is 1. The van der Waals surface area contributed by atoms with Crippen LogP contribution in [0.25, 0.3) is 0 Å². The van der Waals surface area contributed by atoms with Gasteiger partial charge < -0.3 is 15.0 Å². The van der Waals surface area contributed by atoms with Crippen molar-refractivity contribution in [2.24, 2.45) is 5.73 Å². The Morgan fingerprint density at radius 3 is 2.78 bits per heavy atom. The van der Waals surface area contributed by atoms with Gasteiger partial charge in [0, 0.05) is 12.0 Å². The lowest BCUT2D eigenvalue weighted by Crippen LogP contribution is -2.14. The Balaban J connectivity index is 2.48. The molecule has 0 amide bonds. The van der Waals surface area contributed by atoms with Crippen molar-refractivity contribution < 1.29 is 14.1 Å². The molecule has 0 aromatic carbocycles. The highest BCUT2D eigenvalue weighted by molar-refractivity contribution is 5.84. The summed E-state index contributed by atoms with van der Waals surface area (Å²) in [6.07, 6.45) is 2.87. The molecule has 102 valence electrons. The molecule has 0 fully saturated rings. The van der Waals surface area contributed by atoms with Gasteiger partial charge in [0.05, 0.1) is 6.61 Å². The van der Waals surface area contributed by atoms with Crippen LogP contribution in [-0.4, -0.2) is 28.8 Å². The van der Waals surface area contributed by atoms with Crippen LogP contribution in [0.1, 0.15) is 62.5 Å². The molecule has 0 saturated carbocycles. The average Bonchev–Trinajstić information content (AvgIpc) is 2.78. The van der Waals surface area contributed by atoms with E-state index in [9.17, 15) is 4.79 Å². The second-order valence-corrected chi connectivity index (χ2v) is 4.49. The van der Waals surface area contributed by atoms with E-state index in [0.717, 1.165) is 19.3 Å². The predicted octanol–water partition coefficient (Wildman–Crippen LogP) is 1.87. The minimum Gasteiger partial charge on any atom is -0.460 e. The third-order valence-corrected chi connectivity index (χ3v) is 2.62. The number of carbonyl (C=O) groups excluding carboxylic acids is 1. The molecule has 1 aromatic heterocycles. The van der Waals surface area contributed by atoms with Gasteiger partial charge in [-0.2, -0.15) is 4.98 Å². The SMILES string of the molecule is CCOC(=O)c1noc(C(C)CCCC(C)N)n1. The summed E-state index contributed by atoms with van der Waals surface area (Å²) in [5.41, 5.74) is 5.68. The van der Waals surface area contributed by atoms with E-state index in [4.69, 9.17) is 15.0 Å². The molecule has 2 unspecified atom stereocenters. The Bertz CT molecular complexity index is 376. The third-order valence-electron chi connectivity index (χ3n) is 2.62. The number of nitrogens with zero attached hydrogens (tertiary/aromatic N) is 2. The molecule has 2 N–H and O–H groups in total. The van der Waals surface area contributed by atoms with E-state index in [1.165, 1.54) is 0 Å². The molecule has 0 aliphatic rings. The van der Waals surface area contributed by atoms with E-state index >= 15 is 0 Å². The minimum absolute atomic E-state index is 0.00843. The van der Waals surface area contributed by atoms with Crippen molar-refractivity contribution in [1.82, 2.24) is 10.1 Å². The lowest BCUT2D eigenvalue weighted by Gasteiger charge is -2.07. The predicted molar refractivity (Wildman–Crippen MR) is 66.2 cm³/mol. The van der Waals surface area contributed by atoms with Gasteiger partial charge in [0.15, 0.2) is 0 Å². The zero-order valence-electron chi connectivity index (χ0n) is 11.2. The third kappa shape index (κ3) is 4.44. The summed E-state index contributed by atoms with van der Waals surface area (Å²) in [5.74, 6) is 0.0447. The molecule has 1 heterocycles. The fraction of sp³-hybridized carbons (Fsp3) is 0.750. The molecule has 1 rings (SSSR count). The molecule has 18 heavy (non-hydrogen) atoms. The molecule has 0 radical (unpaired) electrons. The van der Waals surface area contributed by atoms with Crippen LogP contribution in [0.4, 0.5) is 0 Å². The van der Waals surface area contributed by atoms with Gasteiger partial charge in [0.25, 0.3) is 5.82 Å². The quantitative estimate of drug-likeness (QED) is 0.748. The van der Waals surface area contributed by atoms with Gasteiger partial charge in [-0.15, -0.1) is 0 Å². The summed E-state index contributed by atoms with van der Waals surface area (Å²) >= 11 is 0. The van der Waals surface area contributed by atoms with Crippen LogP contribution in [0.2, 0.25) is 0 Å². The Labute approximate surface area is 107 Å². The zero-order chi connectivity index (χ0) is 13.5. The molecule has 6 heteroatoms. The van der Waals surface area contributed by atoms with Crippen molar-refractivity contribution >= 4 is 5.97 Å². The number of nitrogens with two attached hydrogens (primary N) is 1. The summed E-state index contributed by atoms with van der Waals surface area (Å²) in [6.45, 7) is 6.00. The molecule has 2 atom stereocenters. The van der Waals surface area contributed by atoms with Crippen LogP contribution in [0.15, 0.2) is 4.52 Å². The van der Waals surface area contributed by atoms with Crippen molar-refractivity contribution in [2.75, 3.05) is 6.61 Å². The Morgan fingerprint density at radius 1 is 1.44 bits per heavy atom. The standard InChI is InChI=1S/C12H21N3O3/c1-4-17-12(16)10-14-11(18-15-10)8(2)6-5-7-9(3)13/h8-9H,4-7,13H2,1-3H3. The number of carbonyl (C=O) groups is 1. The van der Waals surface area contributed by atoms with E-state index in [0.29, 0.717) is 12.5 Å². The second kappa shape index (κ2) is 7.10. The van der Waals surface area contributed by atoms with Gasteiger partial charge in [-0.1, -0.05) is 13.3 Å². The van der Waals surface area contributed by atoms with Crippen LogP contribution < -0.4 is 5.73 Å². The maximum absolute atomic E-state index is 11.4. The van der Waals surface area contributed by atoms with E-state index in [-0.39, 0.29) is 17.8 Å². The molecule has 0 saturated heterocycles. The Hall–Kier alpha value is -1.43. The first-order valence-corrected chi connectivity index (χ1v) is 6.30. The molecular formula is C12H21N3O3. The maximum atomic E-state index is 11.4. The van der Waals surface area contributed by atoms with Gasteiger partial charge in [-0.05, 0) is 31.8 Å². The summed E-state index contributed by atoms with van der Waals surface area (Å²) < 4.78 is 9.85. The van der Waals surface area contributed by atoms with Crippen molar-refractivity contribution in [3.05, 3.63) is 11.7 Å². The largest absolute Gasteiger partial charge is 0.460 e. The summed E-state index contributed by atoms with van der Waals surface area (Å²) in [6, 6.07) is 0.204. The maximum Gasteiger partial charge on any atom is 0.379 e. The van der Waals surface area contributed by atoms with Gasteiger partial charge in [0.2, 0.25) is 5.89 Å². The van der Waals surface area contributed by atoms with Crippen molar-refractivity contribution in [3.63, 3.8) is 0 Å². The second-order valence-electron chi connectivity index (χ2n) is 4.49. The fourth-order valence-electron chi connectivity index (χ4n) is 1.58. The minimum atomic E-state index is -0.546. The monoisotopic (exact) mass is 255 g/mol. The Kier molecular flexibility index (Phi) is 5.77. The summed E-state index contributed by atoms with van der Waals surface area (Å²) in [4.78, 5) is 15.4. The molecule has 0 aliphatic carbocycles. The highest BCUT2D eigenvalue weighted by atomic mass is 16.5. The number of hydrogen-bond acceptors (Lipinski definition) is 6. The zero-order valence-corrected chi connectivity index (χ0v) is 11.2. The normalized spacial score (nSPS) is 14.2. The lowest BCUT2D eigenvalue weighted by molar-refractivity contribution is 0.0508. The van der Waals surface area contributed by atoms with Crippen LogP contribution in [0.5, 0.6) is 0 Å². The molecular weight excluding hydrogens is 234 g/mol. The molecule has 1 aromatic rings. The number of aromatic nitrogens is 2. The van der Waals surface area contributed by atoms with Gasteiger partial charge >= 0.3 is 5.97 Å².